The predicted octanol–water partition coefficient (Wildman–Crippen LogP) is 2.69. The molecule has 0 atom stereocenters. The van der Waals surface area contributed by atoms with Gasteiger partial charge in [0.1, 0.15) is 0 Å². The molecule has 1 aliphatic rings. The van der Waals surface area contributed by atoms with Crippen molar-refractivity contribution in [2.24, 2.45) is 5.92 Å². The van der Waals surface area contributed by atoms with Gasteiger partial charge in [0.05, 0.1) is 6.61 Å². The number of hydrogen-bond donors (Lipinski definition) is 2. The second-order valence-corrected chi connectivity index (χ2v) is 5.16. The summed E-state index contributed by atoms with van der Waals surface area (Å²) in [5, 5.41) is 6.50. The normalized spacial score (nSPS) is 15.3. The van der Waals surface area contributed by atoms with Gasteiger partial charge < -0.3 is 15.4 Å². The first-order valence-electron chi connectivity index (χ1n) is 7.68. The molecule has 2 N–H and O–H groups in total. The van der Waals surface area contributed by atoms with E-state index in [-0.39, 0.29) is 0 Å². The number of hydrogen-bond acceptors (Lipinski definition) is 6. The van der Waals surface area contributed by atoms with Crippen LogP contribution in [0.3, 0.4) is 0 Å². The van der Waals surface area contributed by atoms with Gasteiger partial charge in [-0.25, -0.2) is 0 Å². The van der Waals surface area contributed by atoms with Crippen molar-refractivity contribution in [2.75, 3.05) is 30.3 Å². The molecule has 2 rings (SSSR count). The lowest BCUT2D eigenvalue weighted by Gasteiger charge is -2.12. The van der Waals surface area contributed by atoms with Gasteiger partial charge in [-0.3, -0.25) is 0 Å². The van der Waals surface area contributed by atoms with E-state index in [2.05, 4.69) is 32.5 Å². The van der Waals surface area contributed by atoms with Gasteiger partial charge in [-0.15, -0.1) is 0 Å². The van der Waals surface area contributed by atoms with Gasteiger partial charge in [0, 0.05) is 13.1 Å². The lowest BCUT2D eigenvalue weighted by atomic mass is 10.1. The maximum Gasteiger partial charge on any atom is 0.323 e. The maximum atomic E-state index is 5.40. The third-order valence-corrected chi connectivity index (χ3v) is 3.45. The summed E-state index contributed by atoms with van der Waals surface area (Å²) in [6.07, 6.45) is 6.32. The molecule has 1 heterocycles. The van der Waals surface area contributed by atoms with Crippen LogP contribution in [0.4, 0.5) is 11.9 Å². The number of nitrogens with zero attached hydrogens (tertiary/aromatic N) is 3. The smallest absolute Gasteiger partial charge is 0.323 e. The minimum Gasteiger partial charge on any atom is -0.464 e. The fraction of sp³-hybridized carbons (Fsp3) is 0.786. The monoisotopic (exact) mass is 279 g/mol. The van der Waals surface area contributed by atoms with Crippen LogP contribution < -0.4 is 15.4 Å². The van der Waals surface area contributed by atoms with Crippen molar-refractivity contribution in [3.05, 3.63) is 0 Å². The first-order valence-corrected chi connectivity index (χ1v) is 7.68. The highest BCUT2D eigenvalue weighted by atomic mass is 16.5. The van der Waals surface area contributed by atoms with Gasteiger partial charge in [0.25, 0.3) is 0 Å². The third kappa shape index (κ3) is 4.51. The van der Waals surface area contributed by atoms with E-state index in [1.54, 1.807) is 0 Å². The number of aromatic nitrogens is 3. The van der Waals surface area contributed by atoms with E-state index in [0.717, 1.165) is 25.4 Å². The van der Waals surface area contributed by atoms with Crippen LogP contribution in [-0.2, 0) is 0 Å². The molecule has 0 radical (unpaired) electrons. The van der Waals surface area contributed by atoms with Crippen LogP contribution in [0.25, 0.3) is 0 Å². The lowest BCUT2D eigenvalue weighted by Crippen LogP contribution is -2.15. The molecule has 1 saturated carbocycles. The van der Waals surface area contributed by atoms with Gasteiger partial charge in [0.2, 0.25) is 11.9 Å². The molecule has 112 valence electrons. The van der Waals surface area contributed by atoms with E-state index in [1.165, 1.54) is 25.7 Å². The largest absolute Gasteiger partial charge is 0.464 e. The van der Waals surface area contributed by atoms with Crippen molar-refractivity contribution in [1.29, 1.82) is 0 Å². The molecule has 0 saturated heterocycles. The van der Waals surface area contributed by atoms with Crippen molar-refractivity contribution < 1.29 is 4.74 Å². The molecular formula is C14H25N5O. The Morgan fingerprint density at radius 1 is 1.05 bits per heavy atom. The summed E-state index contributed by atoms with van der Waals surface area (Å²) in [6.45, 7) is 6.37. The summed E-state index contributed by atoms with van der Waals surface area (Å²) in [7, 11) is 0. The topological polar surface area (TPSA) is 72.0 Å². The molecule has 6 nitrogen and oxygen atoms in total. The first-order chi connectivity index (χ1) is 9.81. The summed E-state index contributed by atoms with van der Waals surface area (Å²) >= 11 is 0. The predicted molar refractivity (Wildman–Crippen MR) is 80.2 cm³/mol. The van der Waals surface area contributed by atoms with E-state index >= 15 is 0 Å². The zero-order chi connectivity index (χ0) is 14.2. The van der Waals surface area contributed by atoms with Gasteiger partial charge >= 0.3 is 6.01 Å². The highest BCUT2D eigenvalue weighted by Gasteiger charge is 2.15. The van der Waals surface area contributed by atoms with Gasteiger partial charge in [-0.2, -0.15) is 15.0 Å². The second-order valence-electron chi connectivity index (χ2n) is 5.16. The zero-order valence-electron chi connectivity index (χ0n) is 12.5. The lowest BCUT2D eigenvalue weighted by molar-refractivity contribution is 0.312. The van der Waals surface area contributed by atoms with E-state index in [9.17, 15) is 0 Å². The molecule has 0 spiro atoms. The van der Waals surface area contributed by atoms with Crippen LogP contribution in [0, 0.1) is 5.92 Å². The molecule has 0 aromatic carbocycles. The van der Waals surface area contributed by atoms with Crippen molar-refractivity contribution >= 4 is 11.9 Å². The van der Waals surface area contributed by atoms with Crippen LogP contribution in [0.5, 0.6) is 6.01 Å². The van der Waals surface area contributed by atoms with Crippen LogP contribution in [0.1, 0.15) is 46.0 Å². The van der Waals surface area contributed by atoms with Gasteiger partial charge in [0.15, 0.2) is 0 Å². The Bertz CT molecular complexity index is 407. The Labute approximate surface area is 120 Å². The molecule has 1 fully saturated rings. The summed E-state index contributed by atoms with van der Waals surface area (Å²) in [5.41, 5.74) is 0. The minimum absolute atomic E-state index is 0.384. The SMILES string of the molecule is CCCNc1nc(NCC2CCCC2)nc(OCC)n1. The molecule has 1 aromatic rings. The fourth-order valence-corrected chi connectivity index (χ4v) is 2.40. The van der Waals surface area contributed by atoms with E-state index in [1.807, 2.05) is 6.92 Å². The van der Waals surface area contributed by atoms with Crippen LogP contribution >= 0.6 is 0 Å². The summed E-state index contributed by atoms with van der Waals surface area (Å²) in [4.78, 5) is 12.9. The molecule has 6 heteroatoms. The van der Waals surface area contributed by atoms with Gasteiger partial charge in [-0.1, -0.05) is 19.8 Å². The van der Waals surface area contributed by atoms with Crippen molar-refractivity contribution in [3.8, 4) is 6.01 Å². The Kier molecular flexibility index (Phi) is 5.83. The molecule has 0 bridgehead atoms. The highest BCUT2D eigenvalue weighted by molar-refractivity contribution is 5.35. The average Bonchev–Trinajstić information content (AvgIpc) is 2.96. The highest BCUT2D eigenvalue weighted by Crippen LogP contribution is 2.24. The molecular weight excluding hydrogens is 254 g/mol. The maximum absolute atomic E-state index is 5.40. The Morgan fingerprint density at radius 2 is 1.75 bits per heavy atom. The standard InChI is InChI=1S/C14H25N5O/c1-3-9-15-12-17-13(19-14(18-12)20-4-2)16-10-11-7-5-6-8-11/h11H,3-10H2,1-2H3,(H2,15,16,17,18,19). The molecule has 1 aromatic heterocycles. The number of ether oxygens (including phenoxy) is 1. The average molecular weight is 279 g/mol. The third-order valence-electron chi connectivity index (χ3n) is 3.45. The van der Waals surface area contributed by atoms with Crippen LogP contribution in [0.2, 0.25) is 0 Å². The van der Waals surface area contributed by atoms with Crippen LogP contribution in [-0.4, -0.2) is 34.6 Å². The van der Waals surface area contributed by atoms with Crippen molar-refractivity contribution in [2.45, 2.75) is 46.0 Å². The van der Waals surface area contributed by atoms with Gasteiger partial charge in [-0.05, 0) is 32.1 Å². The minimum atomic E-state index is 0.384. The van der Waals surface area contributed by atoms with Crippen molar-refractivity contribution in [3.63, 3.8) is 0 Å². The van der Waals surface area contributed by atoms with E-state index in [4.69, 9.17) is 4.74 Å². The quantitative estimate of drug-likeness (QED) is 0.762. The van der Waals surface area contributed by atoms with Crippen molar-refractivity contribution in [1.82, 2.24) is 15.0 Å². The Morgan fingerprint density at radius 3 is 2.40 bits per heavy atom. The molecule has 0 aliphatic heterocycles. The zero-order valence-corrected chi connectivity index (χ0v) is 12.5. The summed E-state index contributed by atoms with van der Waals surface area (Å²) in [6, 6.07) is 0.384. The van der Waals surface area contributed by atoms with E-state index in [0.29, 0.717) is 24.5 Å². The molecule has 0 unspecified atom stereocenters. The second kappa shape index (κ2) is 7.87. The van der Waals surface area contributed by atoms with Crippen LogP contribution in [0.15, 0.2) is 0 Å². The molecule has 1 aliphatic carbocycles. The number of nitrogens with one attached hydrogen (secondary N) is 2. The Hall–Kier alpha value is -1.59. The number of rotatable bonds is 8. The summed E-state index contributed by atoms with van der Waals surface area (Å²) in [5.74, 6) is 1.93. The fourth-order valence-electron chi connectivity index (χ4n) is 2.40. The Balaban J connectivity index is 1.98. The molecule has 20 heavy (non-hydrogen) atoms. The first kappa shape index (κ1) is 14.8. The summed E-state index contributed by atoms with van der Waals surface area (Å²) < 4.78 is 5.40. The molecule has 0 amide bonds. The van der Waals surface area contributed by atoms with E-state index < -0.39 is 0 Å². The number of anilines is 2.